The first-order valence-corrected chi connectivity index (χ1v) is 12.0. The number of rotatable bonds is 6. The van der Waals surface area contributed by atoms with Gasteiger partial charge in [-0.25, -0.2) is 5.10 Å². The van der Waals surface area contributed by atoms with Crippen molar-refractivity contribution in [2.75, 3.05) is 56.0 Å². The molecule has 0 unspecified atom stereocenters. The molecule has 1 aromatic carbocycles. The fraction of sp³-hybridized carbons (Fsp3) is 0.522. The molecule has 10 nitrogen and oxygen atoms in total. The van der Waals surface area contributed by atoms with Gasteiger partial charge in [-0.3, -0.25) is 14.5 Å². The summed E-state index contributed by atoms with van der Waals surface area (Å²) in [5.41, 5.74) is -2.34. The molecule has 2 saturated heterocycles. The van der Waals surface area contributed by atoms with Crippen LogP contribution in [0.15, 0.2) is 29.2 Å². The summed E-state index contributed by atoms with van der Waals surface area (Å²) < 4.78 is 75.2. The number of fused-ring (bicyclic) bond motifs is 1. The summed E-state index contributed by atoms with van der Waals surface area (Å²) in [6.07, 6.45) is -7.57. The van der Waals surface area contributed by atoms with Crippen LogP contribution in [0.4, 0.5) is 33.3 Å². The molecule has 0 spiro atoms. The summed E-state index contributed by atoms with van der Waals surface area (Å²) in [5.74, 6) is -0.269. The van der Waals surface area contributed by atoms with Gasteiger partial charge in [0.05, 0.1) is 17.8 Å². The molecule has 2 fully saturated rings. The third kappa shape index (κ3) is 5.33. The maximum atomic E-state index is 13.3. The number of ether oxygens (including phenoxy) is 2. The van der Waals surface area contributed by atoms with Crippen LogP contribution in [0.5, 0.6) is 11.5 Å². The monoisotopic (exact) mass is 544 g/mol. The first-order chi connectivity index (χ1) is 17.9. The van der Waals surface area contributed by atoms with E-state index in [-0.39, 0.29) is 23.3 Å². The van der Waals surface area contributed by atoms with Gasteiger partial charge in [0.15, 0.2) is 11.5 Å². The van der Waals surface area contributed by atoms with Gasteiger partial charge in [0.1, 0.15) is 5.56 Å². The highest BCUT2D eigenvalue weighted by Gasteiger charge is 2.44. The van der Waals surface area contributed by atoms with E-state index in [2.05, 4.69) is 19.9 Å². The molecule has 3 aliphatic rings. The van der Waals surface area contributed by atoms with Gasteiger partial charge in [0.25, 0.3) is 5.56 Å². The number of carbonyl (C=O) groups excluding carboxylic acids is 1. The average molecular weight is 544 g/mol. The number of piperazine rings is 1. The summed E-state index contributed by atoms with van der Waals surface area (Å²) in [4.78, 5) is 30.2. The number of aromatic amines is 1. The van der Waals surface area contributed by atoms with E-state index in [0.29, 0.717) is 51.5 Å². The van der Waals surface area contributed by atoms with E-state index in [4.69, 9.17) is 0 Å². The average Bonchev–Trinajstić information content (AvgIpc) is 3.13. The van der Waals surface area contributed by atoms with Crippen LogP contribution >= 0.6 is 0 Å². The van der Waals surface area contributed by atoms with Crippen molar-refractivity contribution in [1.29, 1.82) is 0 Å². The quantitative estimate of drug-likeness (QED) is 0.534. The summed E-state index contributed by atoms with van der Waals surface area (Å²) in [6, 6.07) is 4.16. The number of alkyl halides is 5. The Kier molecular flexibility index (Phi) is 6.57. The highest BCUT2D eigenvalue weighted by atomic mass is 19.4. The lowest BCUT2D eigenvalue weighted by atomic mass is 9.97. The molecule has 0 aliphatic carbocycles. The van der Waals surface area contributed by atoms with Crippen molar-refractivity contribution in [3.05, 3.63) is 40.3 Å². The van der Waals surface area contributed by atoms with Gasteiger partial charge < -0.3 is 24.6 Å². The maximum absolute atomic E-state index is 13.3. The largest absolute Gasteiger partial charge is 0.586 e. The molecule has 1 aromatic heterocycles. The lowest BCUT2D eigenvalue weighted by molar-refractivity contribution is -0.286. The molecule has 4 heterocycles. The number of hydrogen-bond donors (Lipinski definition) is 2. The Balaban J connectivity index is 1.08. The van der Waals surface area contributed by atoms with Crippen molar-refractivity contribution in [3.8, 4) is 11.5 Å². The number of H-pyrrole nitrogens is 1. The van der Waals surface area contributed by atoms with Crippen molar-refractivity contribution in [2.24, 2.45) is 5.92 Å². The van der Waals surface area contributed by atoms with Crippen LogP contribution in [0.1, 0.15) is 12.5 Å². The van der Waals surface area contributed by atoms with E-state index in [0.717, 1.165) is 6.20 Å². The topological polar surface area (TPSA) is 103 Å². The molecule has 2 aromatic rings. The number of carbonyl (C=O) groups is 1. The molecular weight excluding hydrogens is 519 g/mol. The van der Waals surface area contributed by atoms with E-state index in [1.165, 1.54) is 12.1 Å². The Labute approximate surface area is 213 Å². The number of anilines is 2. The fourth-order valence-electron chi connectivity index (χ4n) is 4.94. The molecule has 0 bridgehead atoms. The number of halogens is 5. The Morgan fingerprint density at radius 3 is 2.55 bits per heavy atom. The van der Waals surface area contributed by atoms with Gasteiger partial charge in [-0.05, 0) is 19.1 Å². The zero-order chi connectivity index (χ0) is 27.2. The highest BCUT2D eigenvalue weighted by Crippen LogP contribution is 2.43. The van der Waals surface area contributed by atoms with E-state index >= 15 is 0 Å². The van der Waals surface area contributed by atoms with Crippen molar-refractivity contribution in [1.82, 2.24) is 20.0 Å². The van der Waals surface area contributed by atoms with Gasteiger partial charge in [-0.2, -0.15) is 18.3 Å². The third-order valence-electron chi connectivity index (χ3n) is 6.72. The molecule has 3 aliphatic heterocycles. The number of nitrogens with one attached hydrogen (secondary N) is 2. The molecule has 1 amide bonds. The predicted octanol–water partition coefficient (Wildman–Crippen LogP) is 2.19. The second-order valence-corrected chi connectivity index (χ2v) is 9.56. The Morgan fingerprint density at radius 1 is 1.18 bits per heavy atom. The molecule has 15 heteroatoms. The second-order valence-electron chi connectivity index (χ2n) is 9.56. The first kappa shape index (κ1) is 26.0. The third-order valence-corrected chi connectivity index (χ3v) is 6.72. The zero-order valence-corrected chi connectivity index (χ0v) is 20.2. The first-order valence-electron chi connectivity index (χ1n) is 12.0. The minimum atomic E-state index is -4.83. The lowest BCUT2D eigenvalue weighted by Gasteiger charge is -2.44. The van der Waals surface area contributed by atoms with E-state index < -0.39 is 35.3 Å². The van der Waals surface area contributed by atoms with Gasteiger partial charge in [0, 0.05) is 63.6 Å². The molecule has 0 saturated carbocycles. The molecular formula is C23H25F5N6O4. The summed E-state index contributed by atoms with van der Waals surface area (Å²) in [6.45, 7) is 4.98. The molecule has 2 N–H and O–H groups in total. The molecule has 38 heavy (non-hydrogen) atoms. The van der Waals surface area contributed by atoms with Crippen molar-refractivity contribution in [2.45, 2.75) is 25.4 Å². The lowest BCUT2D eigenvalue weighted by Crippen LogP contribution is -2.59. The number of benzene rings is 1. The Hall–Kier alpha value is -3.62. The highest BCUT2D eigenvalue weighted by molar-refractivity contribution is 5.80. The summed E-state index contributed by atoms with van der Waals surface area (Å²) >= 11 is 0. The standard InChI is InChI=1S/C23H25F5N6O4/c1-13(30-16-9-29-31-20(35)19(16)22(24,25)26)10-32-11-14(12-32)21(36)34-6-4-33(5-7-34)15-2-3-17-18(8-15)38-23(27,28)37-17/h2-3,8-9,13-14H,4-7,10-12H2,1H3,(H2,30,31,35)/t13-/m0/s1. The maximum Gasteiger partial charge on any atom is 0.586 e. The van der Waals surface area contributed by atoms with Crippen molar-refractivity contribution >= 4 is 17.3 Å². The van der Waals surface area contributed by atoms with Gasteiger partial charge in [0.2, 0.25) is 5.91 Å². The summed E-state index contributed by atoms with van der Waals surface area (Å²) in [5, 5.41) is 7.95. The number of likely N-dealkylation sites (tertiary alicyclic amines) is 1. The smallest absolute Gasteiger partial charge is 0.395 e. The van der Waals surface area contributed by atoms with E-state index in [1.807, 2.05) is 9.80 Å². The number of aromatic nitrogens is 2. The second kappa shape index (κ2) is 9.60. The van der Waals surface area contributed by atoms with Gasteiger partial charge >= 0.3 is 12.5 Å². The van der Waals surface area contributed by atoms with E-state index in [1.54, 1.807) is 23.0 Å². The van der Waals surface area contributed by atoms with E-state index in [9.17, 15) is 31.5 Å². The number of hydrogen-bond acceptors (Lipinski definition) is 8. The number of nitrogens with zero attached hydrogens (tertiary/aromatic N) is 4. The molecule has 5 rings (SSSR count). The SMILES string of the molecule is C[C@@H](CN1CC(C(=O)N2CCN(c3ccc4c(c3)OC(F)(F)O4)CC2)C1)Nc1cn[nH]c(=O)c1C(F)(F)F. The van der Waals surface area contributed by atoms with Crippen molar-refractivity contribution < 1.29 is 36.2 Å². The fourth-order valence-corrected chi connectivity index (χ4v) is 4.94. The van der Waals surface area contributed by atoms with Crippen LogP contribution in [0.3, 0.4) is 0 Å². The summed E-state index contributed by atoms with van der Waals surface area (Å²) in [7, 11) is 0. The van der Waals surface area contributed by atoms with Crippen LogP contribution in [-0.4, -0.2) is 84.1 Å². The number of amides is 1. The molecule has 1 atom stereocenters. The van der Waals surface area contributed by atoms with Crippen LogP contribution in [-0.2, 0) is 11.0 Å². The van der Waals surface area contributed by atoms with Gasteiger partial charge in [-0.15, -0.1) is 8.78 Å². The van der Waals surface area contributed by atoms with Crippen LogP contribution in [0, 0.1) is 5.92 Å². The minimum absolute atomic E-state index is 0.00462. The van der Waals surface area contributed by atoms with Crippen LogP contribution in [0.2, 0.25) is 0 Å². The Bertz CT molecular complexity index is 1260. The van der Waals surface area contributed by atoms with Crippen LogP contribution < -0.4 is 25.2 Å². The Morgan fingerprint density at radius 2 is 1.87 bits per heavy atom. The normalized spacial score (nSPS) is 20.3. The van der Waals surface area contributed by atoms with Crippen molar-refractivity contribution in [3.63, 3.8) is 0 Å². The predicted molar refractivity (Wildman–Crippen MR) is 124 cm³/mol. The molecule has 0 radical (unpaired) electrons. The minimum Gasteiger partial charge on any atom is -0.395 e. The van der Waals surface area contributed by atoms with Gasteiger partial charge in [-0.1, -0.05) is 0 Å². The molecule has 206 valence electrons. The zero-order valence-electron chi connectivity index (χ0n) is 20.2. The van der Waals surface area contributed by atoms with Crippen LogP contribution in [0.25, 0.3) is 0 Å².